The van der Waals surface area contributed by atoms with Crippen molar-refractivity contribution in [2.45, 2.75) is 70.4 Å². The molecule has 0 bridgehead atoms. The molecule has 2 saturated carbocycles. The van der Waals surface area contributed by atoms with Gasteiger partial charge in [0.05, 0.1) is 12.5 Å². The number of fused-ring (bicyclic) bond motifs is 2. The third-order valence-corrected chi connectivity index (χ3v) is 6.97. The number of hydrogen-bond donors (Lipinski definition) is 1. The molecule has 0 radical (unpaired) electrons. The number of ether oxygens (including phenoxy) is 1. The van der Waals surface area contributed by atoms with Crippen LogP contribution in [0.4, 0.5) is 0 Å². The van der Waals surface area contributed by atoms with Crippen LogP contribution in [0.3, 0.4) is 0 Å². The second-order valence-corrected chi connectivity index (χ2v) is 8.41. The number of allylic oxidation sites excluding steroid dienone is 1. The standard InChI is InChI=1S/C20H31NO2/c1-13-5-4-7-15(21-13)9-10-17-16-8-3-2-6-14(16)11-18-19(17)12-23-20(18)22/h9-10,13-19,21H,2-8,11-12H2,1H3/t13-,14-,15+,16+,17+,18+,19-/m0/s1. The lowest BCUT2D eigenvalue weighted by molar-refractivity contribution is -0.142. The van der Waals surface area contributed by atoms with Gasteiger partial charge in [-0.05, 0) is 50.4 Å². The van der Waals surface area contributed by atoms with E-state index in [2.05, 4.69) is 24.4 Å². The molecule has 0 aromatic rings. The zero-order chi connectivity index (χ0) is 15.8. The average molecular weight is 317 g/mol. The summed E-state index contributed by atoms with van der Waals surface area (Å²) in [6.07, 6.45) is 15.3. The molecule has 0 amide bonds. The summed E-state index contributed by atoms with van der Waals surface area (Å²) in [5.41, 5.74) is 0. The van der Waals surface area contributed by atoms with Gasteiger partial charge >= 0.3 is 5.97 Å². The SMILES string of the molecule is C[C@H]1CCC[C@H](C=C[C@@H]2[C@@H]3CCCC[C@H]3C[C@H]3C(=O)OC[C@@H]23)N1. The van der Waals surface area contributed by atoms with Crippen molar-refractivity contribution in [2.75, 3.05) is 6.61 Å². The van der Waals surface area contributed by atoms with Crippen LogP contribution < -0.4 is 5.32 Å². The van der Waals surface area contributed by atoms with E-state index >= 15 is 0 Å². The predicted molar refractivity (Wildman–Crippen MR) is 90.9 cm³/mol. The van der Waals surface area contributed by atoms with Gasteiger partial charge in [0.15, 0.2) is 0 Å². The van der Waals surface area contributed by atoms with Crippen LogP contribution in [0.5, 0.6) is 0 Å². The number of carbonyl (C=O) groups is 1. The van der Waals surface area contributed by atoms with Gasteiger partial charge in [0.1, 0.15) is 0 Å². The largest absolute Gasteiger partial charge is 0.465 e. The third-order valence-electron chi connectivity index (χ3n) is 6.97. The molecule has 3 nitrogen and oxygen atoms in total. The molecular formula is C20H31NO2. The Kier molecular flexibility index (Phi) is 4.49. The van der Waals surface area contributed by atoms with E-state index in [1.165, 1.54) is 44.9 Å². The summed E-state index contributed by atoms with van der Waals surface area (Å²) in [5.74, 6) is 2.81. The Morgan fingerprint density at radius 3 is 2.78 bits per heavy atom. The third kappa shape index (κ3) is 3.09. The first-order valence-electron chi connectivity index (χ1n) is 9.83. The van der Waals surface area contributed by atoms with Crippen molar-refractivity contribution >= 4 is 5.97 Å². The highest BCUT2D eigenvalue weighted by Crippen LogP contribution is 2.51. The summed E-state index contributed by atoms with van der Waals surface area (Å²) >= 11 is 0. The monoisotopic (exact) mass is 317 g/mol. The van der Waals surface area contributed by atoms with Crippen molar-refractivity contribution in [3.8, 4) is 0 Å². The number of nitrogens with one attached hydrogen (secondary N) is 1. The summed E-state index contributed by atoms with van der Waals surface area (Å²) in [4.78, 5) is 12.1. The molecule has 2 aliphatic carbocycles. The number of carbonyl (C=O) groups excluding carboxylic acids is 1. The molecule has 1 N–H and O–H groups in total. The minimum atomic E-state index is 0.0850. The summed E-state index contributed by atoms with van der Waals surface area (Å²) < 4.78 is 5.46. The molecule has 128 valence electrons. The minimum Gasteiger partial charge on any atom is -0.465 e. The number of piperidine rings is 1. The molecule has 4 rings (SSSR count). The van der Waals surface area contributed by atoms with Gasteiger partial charge in [0.25, 0.3) is 0 Å². The molecule has 0 aromatic heterocycles. The highest BCUT2D eigenvalue weighted by Gasteiger charge is 2.50. The summed E-state index contributed by atoms with van der Waals surface area (Å²) in [7, 11) is 0. The van der Waals surface area contributed by atoms with Gasteiger partial charge in [-0.3, -0.25) is 4.79 Å². The lowest BCUT2D eigenvalue weighted by Gasteiger charge is -2.45. The molecule has 2 aliphatic heterocycles. The molecular weight excluding hydrogens is 286 g/mol. The van der Waals surface area contributed by atoms with E-state index < -0.39 is 0 Å². The van der Waals surface area contributed by atoms with E-state index in [9.17, 15) is 4.79 Å². The minimum absolute atomic E-state index is 0.0850. The van der Waals surface area contributed by atoms with Gasteiger partial charge in [0, 0.05) is 18.0 Å². The predicted octanol–water partition coefficient (Wildman–Crippen LogP) is 3.69. The number of hydrogen-bond acceptors (Lipinski definition) is 3. The highest BCUT2D eigenvalue weighted by molar-refractivity contribution is 5.75. The van der Waals surface area contributed by atoms with Crippen LogP contribution in [0.2, 0.25) is 0 Å². The van der Waals surface area contributed by atoms with Crippen molar-refractivity contribution in [1.29, 1.82) is 0 Å². The first kappa shape index (κ1) is 15.7. The smallest absolute Gasteiger partial charge is 0.309 e. The first-order chi connectivity index (χ1) is 11.2. The fourth-order valence-corrected chi connectivity index (χ4v) is 5.78. The quantitative estimate of drug-likeness (QED) is 0.623. The number of cyclic esters (lactones) is 1. The second-order valence-electron chi connectivity index (χ2n) is 8.41. The molecule has 2 saturated heterocycles. The van der Waals surface area contributed by atoms with Crippen molar-refractivity contribution in [3.63, 3.8) is 0 Å². The first-order valence-corrected chi connectivity index (χ1v) is 9.83. The molecule has 0 aromatic carbocycles. The Balaban J connectivity index is 1.52. The normalized spacial score (nSPS) is 47.2. The Bertz CT molecular complexity index is 474. The molecule has 3 heteroatoms. The summed E-state index contributed by atoms with van der Waals surface area (Å²) in [5, 5.41) is 3.71. The zero-order valence-electron chi connectivity index (χ0n) is 14.4. The maximum absolute atomic E-state index is 12.1. The van der Waals surface area contributed by atoms with E-state index in [0.717, 1.165) is 18.3 Å². The van der Waals surface area contributed by atoms with E-state index in [0.29, 0.717) is 30.5 Å². The van der Waals surface area contributed by atoms with Crippen molar-refractivity contribution < 1.29 is 9.53 Å². The van der Waals surface area contributed by atoms with E-state index in [4.69, 9.17) is 4.74 Å². The topological polar surface area (TPSA) is 38.3 Å². The number of rotatable bonds is 2. The molecule has 4 aliphatic rings. The van der Waals surface area contributed by atoms with Crippen LogP contribution in [-0.4, -0.2) is 24.7 Å². The van der Waals surface area contributed by atoms with Gasteiger partial charge in [-0.1, -0.05) is 37.8 Å². The van der Waals surface area contributed by atoms with Crippen molar-refractivity contribution in [1.82, 2.24) is 5.32 Å². The van der Waals surface area contributed by atoms with Gasteiger partial charge in [-0.25, -0.2) is 0 Å². The summed E-state index contributed by atoms with van der Waals surface area (Å²) in [6.45, 7) is 2.95. The van der Waals surface area contributed by atoms with Crippen molar-refractivity contribution in [3.05, 3.63) is 12.2 Å². The van der Waals surface area contributed by atoms with Crippen LogP contribution in [0.15, 0.2) is 12.2 Å². The van der Waals surface area contributed by atoms with E-state index in [1.54, 1.807) is 0 Å². The van der Waals surface area contributed by atoms with Crippen molar-refractivity contribution in [2.24, 2.45) is 29.6 Å². The van der Waals surface area contributed by atoms with Crippen LogP contribution >= 0.6 is 0 Å². The second kappa shape index (κ2) is 6.58. The van der Waals surface area contributed by atoms with Crippen LogP contribution in [0, 0.1) is 29.6 Å². The van der Waals surface area contributed by atoms with Gasteiger partial charge in [-0.15, -0.1) is 0 Å². The van der Waals surface area contributed by atoms with Gasteiger partial charge < -0.3 is 10.1 Å². The highest BCUT2D eigenvalue weighted by atomic mass is 16.5. The fourth-order valence-electron chi connectivity index (χ4n) is 5.78. The molecule has 0 spiro atoms. The average Bonchev–Trinajstić information content (AvgIpc) is 2.93. The van der Waals surface area contributed by atoms with Gasteiger partial charge in [0.2, 0.25) is 0 Å². The van der Waals surface area contributed by atoms with E-state index in [-0.39, 0.29) is 11.9 Å². The lowest BCUT2D eigenvalue weighted by Crippen LogP contribution is -2.42. The maximum Gasteiger partial charge on any atom is 0.309 e. The molecule has 7 atom stereocenters. The van der Waals surface area contributed by atoms with Gasteiger partial charge in [-0.2, -0.15) is 0 Å². The summed E-state index contributed by atoms with van der Waals surface area (Å²) in [6, 6.07) is 1.16. The lowest BCUT2D eigenvalue weighted by atomic mass is 9.58. The molecule has 23 heavy (non-hydrogen) atoms. The fraction of sp³-hybridized carbons (Fsp3) is 0.850. The van der Waals surface area contributed by atoms with Crippen LogP contribution in [0.25, 0.3) is 0 Å². The number of esters is 1. The Morgan fingerprint density at radius 2 is 1.91 bits per heavy atom. The Labute approximate surface area is 140 Å². The van der Waals surface area contributed by atoms with E-state index in [1.807, 2.05) is 0 Å². The van der Waals surface area contributed by atoms with Crippen LogP contribution in [-0.2, 0) is 9.53 Å². The Hall–Kier alpha value is -0.830. The molecule has 0 unspecified atom stereocenters. The zero-order valence-corrected chi connectivity index (χ0v) is 14.4. The molecule has 2 heterocycles. The van der Waals surface area contributed by atoms with Crippen LogP contribution in [0.1, 0.15) is 58.3 Å². The Morgan fingerprint density at radius 1 is 1.04 bits per heavy atom. The maximum atomic E-state index is 12.1. The molecule has 4 fully saturated rings.